The fraction of sp³-hybridized carbons (Fsp3) is 0.407. The number of para-hydroxylation sites is 1. The summed E-state index contributed by atoms with van der Waals surface area (Å²) in [7, 11) is 0. The van der Waals surface area contributed by atoms with Gasteiger partial charge in [-0.3, -0.25) is 19.4 Å². The Morgan fingerprint density at radius 2 is 1.97 bits per heavy atom. The van der Waals surface area contributed by atoms with Crippen molar-refractivity contribution >= 4 is 28.7 Å². The van der Waals surface area contributed by atoms with E-state index >= 15 is 0 Å². The highest BCUT2D eigenvalue weighted by atomic mass is 16.4. The molecule has 9 nitrogen and oxygen atoms in total. The topological polar surface area (TPSA) is 141 Å². The molecular formula is C27H33N5O4. The molecule has 4 rings (SSSR count). The van der Waals surface area contributed by atoms with Gasteiger partial charge in [-0.1, -0.05) is 24.3 Å². The van der Waals surface area contributed by atoms with Gasteiger partial charge < -0.3 is 26.0 Å². The summed E-state index contributed by atoms with van der Waals surface area (Å²) in [6, 6.07) is 12.3. The van der Waals surface area contributed by atoms with Crippen molar-refractivity contribution < 1.29 is 19.5 Å². The quantitative estimate of drug-likeness (QED) is 0.381. The maximum absolute atomic E-state index is 13.8. The number of fused-ring (bicyclic) bond motifs is 1. The molecule has 1 aliphatic rings. The Bertz CT molecular complexity index is 1250. The van der Waals surface area contributed by atoms with Gasteiger partial charge in [0.2, 0.25) is 11.8 Å². The van der Waals surface area contributed by atoms with E-state index in [1.807, 2.05) is 36.5 Å². The van der Waals surface area contributed by atoms with Crippen molar-refractivity contribution in [3.8, 4) is 0 Å². The third-order valence-corrected chi connectivity index (χ3v) is 6.88. The number of carbonyl (C=O) groups excluding carboxylic acids is 2. The monoisotopic (exact) mass is 491 g/mol. The van der Waals surface area contributed by atoms with Crippen LogP contribution in [0.4, 0.5) is 0 Å². The standard InChI is InChI=1S/C27H33N5O4/c1-26(2,28)24(34)31-22(14-18-16-30-21-10-4-3-9-20(18)21)23(33)32-13-7-11-27(17-32,25(35)36)15-19-8-5-6-12-29-19/h3-6,8-10,12,16,22,30H,7,11,13-15,17,28H2,1-2H3,(H,31,34)(H,35,36)/t22-,27+/m1/s1. The number of amides is 2. The van der Waals surface area contributed by atoms with Gasteiger partial charge in [-0.2, -0.15) is 0 Å². The number of nitrogens with two attached hydrogens (primary N) is 1. The van der Waals surface area contributed by atoms with E-state index in [9.17, 15) is 19.5 Å². The molecule has 2 aromatic heterocycles. The summed E-state index contributed by atoms with van der Waals surface area (Å²) in [5.74, 6) is -1.72. The van der Waals surface area contributed by atoms with Gasteiger partial charge in [-0.15, -0.1) is 0 Å². The molecule has 1 aliphatic heterocycles. The molecule has 0 radical (unpaired) electrons. The molecule has 0 unspecified atom stereocenters. The molecule has 1 fully saturated rings. The molecule has 0 bridgehead atoms. The molecule has 5 N–H and O–H groups in total. The average molecular weight is 492 g/mol. The Hall–Kier alpha value is -3.72. The second-order valence-electron chi connectivity index (χ2n) is 10.3. The molecule has 36 heavy (non-hydrogen) atoms. The van der Waals surface area contributed by atoms with Crippen molar-refractivity contribution in [1.82, 2.24) is 20.2 Å². The van der Waals surface area contributed by atoms with Crippen molar-refractivity contribution in [1.29, 1.82) is 0 Å². The molecule has 0 aliphatic carbocycles. The highest BCUT2D eigenvalue weighted by molar-refractivity contribution is 5.93. The highest BCUT2D eigenvalue weighted by Gasteiger charge is 2.45. The lowest BCUT2D eigenvalue weighted by molar-refractivity contribution is -0.156. The predicted octanol–water partition coefficient (Wildman–Crippen LogP) is 2.26. The number of H-pyrrole nitrogens is 1. The van der Waals surface area contributed by atoms with Crippen LogP contribution in [0.25, 0.3) is 10.9 Å². The van der Waals surface area contributed by atoms with Crippen LogP contribution in [0.15, 0.2) is 54.9 Å². The number of hydrogen-bond donors (Lipinski definition) is 4. The second-order valence-corrected chi connectivity index (χ2v) is 10.3. The zero-order chi connectivity index (χ0) is 25.9. The normalized spacial score (nSPS) is 19.1. The number of nitrogens with zero attached hydrogens (tertiary/aromatic N) is 2. The number of rotatable bonds is 8. The predicted molar refractivity (Wildman–Crippen MR) is 136 cm³/mol. The van der Waals surface area contributed by atoms with E-state index in [2.05, 4.69) is 15.3 Å². The van der Waals surface area contributed by atoms with Crippen molar-refractivity contribution in [2.45, 2.75) is 51.1 Å². The van der Waals surface area contributed by atoms with Gasteiger partial charge in [-0.25, -0.2) is 0 Å². The van der Waals surface area contributed by atoms with E-state index in [0.717, 1.165) is 16.5 Å². The Labute approximate surface area is 210 Å². The van der Waals surface area contributed by atoms with Gasteiger partial charge in [-0.05, 0) is 50.5 Å². The van der Waals surface area contributed by atoms with Gasteiger partial charge in [0.1, 0.15) is 6.04 Å². The lowest BCUT2D eigenvalue weighted by atomic mass is 9.76. The SMILES string of the molecule is CC(C)(N)C(=O)N[C@H](Cc1c[nH]c2ccccc12)C(=O)N1CCC[C@@](Cc2ccccn2)(C(=O)O)C1. The lowest BCUT2D eigenvalue weighted by Gasteiger charge is -2.41. The number of aromatic amines is 1. The molecular weight excluding hydrogens is 458 g/mol. The van der Waals surface area contributed by atoms with Crippen molar-refractivity contribution in [2.75, 3.05) is 13.1 Å². The van der Waals surface area contributed by atoms with E-state index in [1.54, 1.807) is 37.1 Å². The third kappa shape index (κ3) is 5.41. The summed E-state index contributed by atoms with van der Waals surface area (Å²) in [6.45, 7) is 3.63. The molecule has 1 saturated heterocycles. The molecule has 1 aromatic carbocycles. The first-order chi connectivity index (χ1) is 17.1. The van der Waals surface area contributed by atoms with Gasteiger partial charge in [0, 0.05) is 54.9 Å². The fourth-order valence-corrected chi connectivity index (χ4v) is 4.85. The summed E-state index contributed by atoms with van der Waals surface area (Å²) >= 11 is 0. The summed E-state index contributed by atoms with van der Waals surface area (Å²) in [5, 5.41) is 14.0. The molecule has 9 heteroatoms. The Morgan fingerprint density at radius 3 is 2.67 bits per heavy atom. The average Bonchev–Trinajstić information content (AvgIpc) is 3.26. The maximum Gasteiger partial charge on any atom is 0.311 e. The number of piperidine rings is 1. The first-order valence-corrected chi connectivity index (χ1v) is 12.2. The summed E-state index contributed by atoms with van der Waals surface area (Å²) < 4.78 is 0. The number of carbonyl (C=O) groups is 3. The third-order valence-electron chi connectivity index (χ3n) is 6.88. The molecule has 3 heterocycles. The zero-order valence-corrected chi connectivity index (χ0v) is 20.7. The van der Waals surface area contributed by atoms with Crippen LogP contribution in [0.2, 0.25) is 0 Å². The molecule has 190 valence electrons. The van der Waals surface area contributed by atoms with Gasteiger partial charge in [0.25, 0.3) is 0 Å². The van der Waals surface area contributed by atoms with E-state index in [4.69, 9.17) is 5.73 Å². The molecule has 0 saturated carbocycles. The number of benzene rings is 1. The number of nitrogens with one attached hydrogen (secondary N) is 2. The van der Waals surface area contributed by atoms with E-state index in [-0.39, 0.29) is 25.3 Å². The van der Waals surface area contributed by atoms with Crippen LogP contribution in [-0.2, 0) is 27.2 Å². The Balaban J connectivity index is 1.61. The van der Waals surface area contributed by atoms with Crippen LogP contribution in [0.5, 0.6) is 0 Å². The minimum atomic E-state index is -1.18. The molecule has 2 amide bonds. The molecule has 3 aromatic rings. The van der Waals surface area contributed by atoms with E-state index < -0.39 is 28.9 Å². The minimum Gasteiger partial charge on any atom is -0.481 e. The van der Waals surface area contributed by atoms with Crippen LogP contribution in [0, 0.1) is 5.41 Å². The first-order valence-electron chi connectivity index (χ1n) is 12.2. The minimum absolute atomic E-state index is 0.0456. The van der Waals surface area contributed by atoms with Gasteiger partial charge >= 0.3 is 5.97 Å². The molecule has 2 atom stereocenters. The number of hydrogen-bond acceptors (Lipinski definition) is 5. The smallest absolute Gasteiger partial charge is 0.311 e. The number of aliphatic carboxylic acids is 1. The Kier molecular flexibility index (Phi) is 7.12. The number of carboxylic acids is 1. The summed E-state index contributed by atoms with van der Waals surface area (Å²) in [5.41, 5.74) is 6.17. The van der Waals surface area contributed by atoms with Crippen molar-refractivity contribution in [3.63, 3.8) is 0 Å². The van der Waals surface area contributed by atoms with Crippen molar-refractivity contribution in [3.05, 3.63) is 66.1 Å². The maximum atomic E-state index is 13.8. The summed E-state index contributed by atoms with van der Waals surface area (Å²) in [6.07, 6.45) is 4.93. The van der Waals surface area contributed by atoms with Gasteiger partial charge in [0.05, 0.1) is 11.0 Å². The van der Waals surface area contributed by atoms with Crippen LogP contribution in [0.3, 0.4) is 0 Å². The number of aromatic nitrogens is 2. The largest absolute Gasteiger partial charge is 0.481 e. The van der Waals surface area contributed by atoms with Crippen LogP contribution < -0.4 is 11.1 Å². The second kappa shape index (κ2) is 10.1. The number of carboxylic acid groups (broad SMARTS) is 1. The number of pyridine rings is 1. The zero-order valence-electron chi connectivity index (χ0n) is 20.7. The lowest BCUT2D eigenvalue weighted by Crippen LogP contribution is -2.59. The first kappa shape index (κ1) is 25.4. The summed E-state index contributed by atoms with van der Waals surface area (Å²) in [4.78, 5) is 48.2. The Morgan fingerprint density at radius 1 is 1.22 bits per heavy atom. The van der Waals surface area contributed by atoms with Gasteiger partial charge in [0.15, 0.2) is 0 Å². The van der Waals surface area contributed by atoms with Crippen LogP contribution in [-0.4, -0.2) is 62.4 Å². The fourth-order valence-electron chi connectivity index (χ4n) is 4.85. The highest BCUT2D eigenvalue weighted by Crippen LogP contribution is 2.34. The molecule has 0 spiro atoms. The number of likely N-dealkylation sites (tertiary alicyclic amines) is 1. The van der Waals surface area contributed by atoms with E-state index in [0.29, 0.717) is 25.1 Å². The van der Waals surface area contributed by atoms with Crippen LogP contribution in [0.1, 0.15) is 37.9 Å². The van der Waals surface area contributed by atoms with E-state index in [1.165, 1.54) is 0 Å². The van der Waals surface area contributed by atoms with Crippen LogP contribution >= 0.6 is 0 Å². The van der Waals surface area contributed by atoms with Crippen molar-refractivity contribution in [2.24, 2.45) is 11.1 Å².